The molecule has 2 aliphatic rings. The molecule has 1 amide bonds. The normalized spacial score (nSPS) is 22.0. The van der Waals surface area contributed by atoms with Crippen LogP contribution in [0.2, 0.25) is 0 Å². The van der Waals surface area contributed by atoms with Gasteiger partial charge in [-0.2, -0.15) is 0 Å². The second-order valence-corrected chi connectivity index (χ2v) is 7.00. The van der Waals surface area contributed by atoms with E-state index in [1.807, 2.05) is 6.07 Å². The Hall–Kier alpha value is -2.51. The van der Waals surface area contributed by atoms with Gasteiger partial charge in [0.15, 0.2) is 0 Å². The molecule has 6 nitrogen and oxygen atoms in total. The number of fused-ring (bicyclic) bond motifs is 3. The monoisotopic (exact) mass is 356 g/mol. The molecule has 2 aromatic rings. The predicted molar refractivity (Wildman–Crippen MR) is 94.7 cm³/mol. The van der Waals surface area contributed by atoms with Crippen molar-refractivity contribution in [1.82, 2.24) is 15.4 Å². The van der Waals surface area contributed by atoms with Crippen molar-refractivity contribution in [2.24, 2.45) is 0 Å². The van der Waals surface area contributed by atoms with Gasteiger partial charge < -0.3 is 9.80 Å². The number of carbonyl (C=O) groups excluding carboxylic acids is 1. The number of benzene rings is 1. The lowest BCUT2D eigenvalue weighted by atomic mass is 9.89. The molecular formula is C19H21FN4O2. The Morgan fingerprint density at radius 1 is 1.42 bits per heavy atom. The highest BCUT2D eigenvalue weighted by Crippen LogP contribution is 2.44. The lowest BCUT2D eigenvalue weighted by Gasteiger charge is -2.37. The first kappa shape index (κ1) is 16.9. The van der Waals surface area contributed by atoms with Crippen LogP contribution in [-0.2, 0) is 6.54 Å². The van der Waals surface area contributed by atoms with E-state index in [9.17, 15) is 9.18 Å². The van der Waals surface area contributed by atoms with E-state index in [4.69, 9.17) is 5.21 Å². The van der Waals surface area contributed by atoms with Crippen LogP contribution in [0.4, 0.5) is 10.1 Å². The van der Waals surface area contributed by atoms with Crippen molar-refractivity contribution >= 4 is 11.6 Å². The number of aromatic nitrogens is 1. The average molecular weight is 356 g/mol. The Kier molecular flexibility index (Phi) is 4.34. The standard InChI is InChI=1S/C19H21FN4O2/c1-23-7-6-18-14(10-23)13-4-2-3-5-17(13)24(18)11-16-15(20)8-12(9-21-16)19(25)22-26/h2-5,8-9,14,18,26H,6-7,10-11H2,1H3,(H,22,25). The summed E-state index contributed by atoms with van der Waals surface area (Å²) in [5, 5.41) is 8.68. The SMILES string of the molecule is CN1CCC2C(C1)c1ccccc1N2Cc1ncc(C(=O)NO)cc1F. The van der Waals surface area contributed by atoms with E-state index in [-0.39, 0.29) is 5.56 Å². The van der Waals surface area contributed by atoms with Crippen molar-refractivity contribution in [3.63, 3.8) is 0 Å². The zero-order chi connectivity index (χ0) is 18.3. The molecule has 0 bridgehead atoms. The van der Waals surface area contributed by atoms with E-state index in [1.54, 1.807) is 0 Å². The quantitative estimate of drug-likeness (QED) is 0.652. The topological polar surface area (TPSA) is 68.7 Å². The van der Waals surface area contributed by atoms with Gasteiger partial charge in [0.1, 0.15) is 5.82 Å². The van der Waals surface area contributed by atoms with Crippen molar-refractivity contribution in [2.45, 2.75) is 24.9 Å². The summed E-state index contributed by atoms with van der Waals surface area (Å²) >= 11 is 0. The van der Waals surface area contributed by atoms with Crippen LogP contribution >= 0.6 is 0 Å². The maximum atomic E-state index is 14.5. The van der Waals surface area contributed by atoms with Crippen LogP contribution in [0, 0.1) is 5.82 Å². The summed E-state index contributed by atoms with van der Waals surface area (Å²) in [5.74, 6) is -0.905. The summed E-state index contributed by atoms with van der Waals surface area (Å²) in [4.78, 5) is 20.1. The van der Waals surface area contributed by atoms with Crippen LogP contribution in [0.15, 0.2) is 36.5 Å². The van der Waals surface area contributed by atoms with Gasteiger partial charge in [-0.05, 0) is 37.7 Å². The number of hydrogen-bond acceptors (Lipinski definition) is 5. The minimum atomic E-state index is -0.773. The molecule has 1 aromatic carbocycles. The molecule has 4 rings (SSSR count). The molecule has 0 saturated carbocycles. The van der Waals surface area contributed by atoms with Crippen molar-refractivity contribution in [3.05, 3.63) is 59.2 Å². The van der Waals surface area contributed by atoms with E-state index in [1.165, 1.54) is 17.2 Å². The van der Waals surface area contributed by atoms with Crippen LogP contribution in [0.25, 0.3) is 0 Å². The molecule has 1 fully saturated rings. The first-order valence-electron chi connectivity index (χ1n) is 8.71. The van der Waals surface area contributed by atoms with Gasteiger partial charge in [0, 0.05) is 30.4 Å². The van der Waals surface area contributed by atoms with Gasteiger partial charge >= 0.3 is 0 Å². The number of likely N-dealkylation sites (N-methyl/N-ethyl adjacent to an activating group) is 1. The Morgan fingerprint density at radius 3 is 3.00 bits per heavy atom. The third-order valence-electron chi connectivity index (χ3n) is 5.43. The number of hydrogen-bond donors (Lipinski definition) is 2. The molecule has 2 unspecified atom stereocenters. The Balaban J connectivity index is 1.65. The van der Waals surface area contributed by atoms with Gasteiger partial charge in [-0.1, -0.05) is 18.2 Å². The predicted octanol–water partition coefficient (Wildman–Crippen LogP) is 2.15. The summed E-state index contributed by atoms with van der Waals surface area (Å²) in [6.45, 7) is 2.36. The van der Waals surface area contributed by atoms with E-state index < -0.39 is 11.7 Å². The average Bonchev–Trinajstić information content (AvgIpc) is 2.96. The van der Waals surface area contributed by atoms with E-state index in [0.717, 1.165) is 31.3 Å². The molecule has 0 aliphatic carbocycles. The summed E-state index contributed by atoms with van der Waals surface area (Å²) in [6, 6.07) is 9.73. The molecule has 2 aliphatic heterocycles. The maximum absolute atomic E-state index is 14.5. The molecule has 0 radical (unpaired) electrons. The summed E-state index contributed by atoms with van der Waals surface area (Å²) in [6.07, 6.45) is 2.31. The first-order valence-corrected chi connectivity index (χ1v) is 8.71. The summed E-state index contributed by atoms with van der Waals surface area (Å²) < 4.78 is 14.5. The Bertz CT molecular complexity index is 844. The van der Waals surface area contributed by atoms with Crippen LogP contribution in [0.1, 0.15) is 34.0 Å². The summed E-state index contributed by atoms with van der Waals surface area (Å²) in [7, 11) is 2.13. The van der Waals surface area contributed by atoms with Gasteiger partial charge in [-0.15, -0.1) is 0 Å². The molecule has 7 heteroatoms. The number of nitrogens with zero attached hydrogens (tertiary/aromatic N) is 3. The second-order valence-electron chi connectivity index (χ2n) is 7.00. The number of pyridine rings is 1. The van der Waals surface area contributed by atoms with Crippen LogP contribution < -0.4 is 10.4 Å². The number of carbonyl (C=O) groups is 1. The van der Waals surface area contributed by atoms with E-state index in [0.29, 0.717) is 24.2 Å². The molecule has 2 N–H and O–H groups in total. The molecular weight excluding hydrogens is 335 g/mol. The number of likely N-dealkylation sites (tertiary alicyclic amines) is 1. The van der Waals surface area contributed by atoms with Crippen LogP contribution in [0.5, 0.6) is 0 Å². The number of anilines is 1. The van der Waals surface area contributed by atoms with Gasteiger partial charge in [-0.3, -0.25) is 15.0 Å². The number of para-hydroxylation sites is 1. The fourth-order valence-electron chi connectivity index (χ4n) is 4.16. The fraction of sp³-hybridized carbons (Fsp3) is 0.368. The molecule has 136 valence electrons. The second kappa shape index (κ2) is 6.66. The third-order valence-corrected chi connectivity index (χ3v) is 5.43. The van der Waals surface area contributed by atoms with Crippen molar-refractivity contribution in [1.29, 1.82) is 0 Å². The molecule has 26 heavy (non-hydrogen) atoms. The third kappa shape index (κ3) is 2.83. The van der Waals surface area contributed by atoms with Crippen molar-refractivity contribution in [2.75, 3.05) is 25.0 Å². The first-order chi connectivity index (χ1) is 12.6. The number of halogens is 1. The number of nitrogens with one attached hydrogen (secondary N) is 1. The number of amides is 1. The zero-order valence-corrected chi connectivity index (χ0v) is 14.5. The minimum absolute atomic E-state index is 0.00672. The molecule has 1 saturated heterocycles. The highest BCUT2D eigenvalue weighted by molar-refractivity contribution is 5.93. The summed E-state index contributed by atoms with van der Waals surface area (Å²) in [5.41, 5.74) is 4.23. The largest absolute Gasteiger partial charge is 0.362 e. The van der Waals surface area contributed by atoms with Gasteiger partial charge in [-0.25, -0.2) is 9.87 Å². The smallest absolute Gasteiger partial charge is 0.276 e. The Labute approximate surface area is 151 Å². The highest BCUT2D eigenvalue weighted by Gasteiger charge is 2.41. The highest BCUT2D eigenvalue weighted by atomic mass is 19.1. The van der Waals surface area contributed by atoms with Gasteiger partial charge in [0.25, 0.3) is 5.91 Å². The van der Waals surface area contributed by atoms with Crippen LogP contribution in [-0.4, -0.2) is 47.2 Å². The Morgan fingerprint density at radius 2 is 2.23 bits per heavy atom. The maximum Gasteiger partial charge on any atom is 0.276 e. The zero-order valence-electron chi connectivity index (χ0n) is 14.5. The number of piperidine rings is 1. The van der Waals surface area contributed by atoms with E-state index in [2.05, 4.69) is 40.0 Å². The lowest BCUT2D eigenvalue weighted by molar-refractivity contribution is 0.0705. The molecule has 0 spiro atoms. The van der Waals surface area contributed by atoms with E-state index >= 15 is 0 Å². The minimum Gasteiger partial charge on any atom is -0.362 e. The molecule has 3 heterocycles. The number of rotatable bonds is 3. The van der Waals surface area contributed by atoms with Crippen molar-refractivity contribution < 1.29 is 14.4 Å². The van der Waals surface area contributed by atoms with Crippen LogP contribution in [0.3, 0.4) is 0 Å². The van der Waals surface area contributed by atoms with Gasteiger partial charge in [0.05, 0.1) is 17.8 Å². The lowest BCUT2D eigenvalue weighted by Crippen LogP contribution is -2.44. The fourth-order valence-corrected chi connectivity index (χ4v) is 4.16. The molecule has 1 aromatic heterocycles. The van der Waals surface area contributed by atoms with Gasteiger partial charge in [0.2, 0.25) is 0 Å². The molecule has 2 atom stereocenters. The number of hydroxylamine groups is 1. The van der Waals surface area contributed by atoms with Crippen molar-refractivity contribution in [3.8, 4) is 0 Å².